The molecule has 1 aromatic heterocycles. The fourth-order valence-corrected chi connectivity index (χ4v) is 2.07. The van der Waals surface area contributed by atoms with Crippen LogP contribution in [-0.2, 0) is 4.79 Å². The summed E-state index contributed by atoms with van der Waals surface area (Å²) in [6, 6.07) is 3.05. The van der Waals surface area contributed by atoms with E-state index < -0.39 is 18.1 Å². The van der Waals surface area contributed by atoms with Crippen LogP contribution in [0.25, 0.3) is 0 Å². The highest BCUT2D eigenvalue weighted by atomic mass is 79.9. The number of hydrogen-bond donors (Lipinski definition) is 3. The Morgan fingerprint density at radius 3 is 2.53 bits per heavy atom. The zero-order valence-electron chi connectivity index (χ0n) is 9.88. The van der Waals surface area contributed by atoms with Crippen molar-refractivity contribution in [2.45, 2.75) is 12.2 Å². The van der Waals surface area contributed by atoms with Crippen molar-refractivity contribution in [2.75, 3.05) is 19.6 Å². The van der Waals surface area contributed by atoms with Gasteiger partial charge in [-0.2, -0.15) is 0 Å². The monoisotopic (exact) mass is 332 g/mol. The Kier molecular flexibility index (Phi) is 4.23. The third-order valence-electron chi connectivity index (χ3n) is 2.81. The van der Waals surface area contributed by atoms with Crippen LogP contribution in [0.15, 0.2) is 21.2 Å². The first kappa shape index (κ1) is 14.0. The number of carbonyl (C=O) groups is 2. The molecule has 7 nitrogen and oxygen atoms in total. The molecule has 2 atom stereocenters. The van der Waals surface area contributed by atoms with Gasteiger partial charge in [0.1, 0.15) is 0 Å². The summed E-state index contributed by atoms with van der Waals surface area (Å²) in [4.78, 5) is 24.6. The van der Waals surface area contributed by atoms with Crippen LogP contribution in [0.2, 0.25) is 0 Å². The molecule has 0 bridgehead atoms. The molecule has 19 heavy (non-hydrogen) atoms. The van der Waals surface area contributed by atoms with E-state index in [9.17, 15) is 19.8 Å². The minimum atomic E-state index is -0.930. The summed E-state index contributed by atoms with van der Waals surface area (Å²) in [6.07, 6.45) is -1.86. The van der Waals surface area contributed by atoms with Crippen molar-refractivity contribution in [2.24, 2.45) is 0 Å². The van der Waals surface area contributed by atoms with Gasteiger partial charge >= 0.3 is 0 Å². The number of halogens is 1. The van der Waals surface area contributed by atoms with Crippen molar-refractivity contribution in [1.29, 1.82) is 0 Å². The predicted molar refractivity (Wildman–Crippen MR) is 67.3 cm³/mol. The zero-order chi connectivity index (χ0) is 14.0. The van der Waals surface area contributed by atoms with Gasteiger partial charge in [0.05, 0.1) is 18.8 Å². The fourth-order valence-electron chi connectivity index (χ4n) is 1.76. The van der Waals surface area contributed by atoms with E-state index in [1.54, 1.807) is 6.07 Å². The maximum absolute atomic E-state index is 11.7. The lowest BCUT2D eigenvalue weighted by Crippen LogP contribution is -2.39. The van der Waals surface area contributed by atoms with Crippen molar-refractivity contribution in [3.05, 3.63) is 22.6 Å². The summed E-state index contributed by atoms with van der Waals surface area (Å²) in [7, 11) is 0. The lowest BCUT2D eigenvalue weighted by molar-refractivity contribution is -0.129. The first-order valence-corrected chi connectivity index (χ1v) is 6.44. The second-order valence-corrected chi connectivity index (χ2v) is 5.00. The minimum Gasteiger partial charge on any atom is -0.444 e. The molecule has 2 amide bonds. The van der Waals surface area contributed by atoms with Gasteiger partial charge in [-0.15, -0.1) is 0 Å². The highest BCUT2D eigenvalue weighted by Crippen LogP contribution is 2.14. The van der Waals surface area contributed by atoms with Gasteiger partial charge in [-0.3, -0.25) is 9.59 Å². The van der Waals surface area contributed by atoms with E-state index in [-0.39, 0.29) is 31.3 Å². The van der Waals surface area contributed by atoms with E-state index in [2.05, 4.69) is 21.2 Å². The van der Waals surface area contributed by atoms with Crippen LogP contribution in [0, 0.1) is 0 Å². The maximum Gasteiger partial charge on any atom is 0.287 e. The highest BCUT2D eigenvalue weighted by Gasteiger charge is 2.32. The molecule has 2 rings (SSSR count). The number of aliphatic hydroxyl groups is 2. The molecule has 0 aromatic carbocycles. The van der Waals surface area contributed by atoms with E-state index in [0.717, 1.165) is 0 Å². The first-order valence-electron chi connectivity index (χ1n) is 5.65. The van der Waals surface area contributed by atoms with Crippen LogP contribution in [0.1, 0.15) is 10.6 Å². The summed E-state index contributed by atoms with van der Waals surface area (Å²) < 4.78 is 5.46. The molecule has 8 heteroatoms. The molecule has 0 saturated carbocycles. The molecule has 1 aliphatic heterocycles. The summed E-state index contributed by atoms with van der Waals surface area (Å²) in [5, 5.41) is 21.1. The molecule has 1 aliphatic rings. The predicted octanol–water partition coefficient (Wildman–Crippen LogP) is -0.664. The van der Waals surface area contributed by atoms with E-state index >= 15 is 0 Å². The van der Waals surface area contributed by atoms with E-state index in [1.165, 1.54) is 11.0 Å². The van der Waals surface area contributed by atoms with Gasteiger partial charge in [0.15, 0.2) is 10.4 Å². The normalized spacial score (nSPS) is 22.6. The number of furan rings is 1. The average molecular weight is 333 g/mol. The molecule has 0 aliphatic carbocycles. The Bertz CT molecular complexity index is 479. The van der Waals surface area contributed by atoms with Crippen molar-refractivity contribution in [1.82, 2.24) is 10.2 Å². The summed E-state index contributed by atoms with van der Waals surface area (Å²) in [5.74, 6) is -0.768. The molecule has 3 N–H and O–H groups in total. The Hall–Kier alpha value is -1.38. The second-order valence-electron chi connectivity index (χ2n) is 4.22. The maximum atomic E-state index is 11.7. The molecule has 0 radical (unpaired) electrons. The Balaban J connectivity index is 1.82. The lowest BCUT2D eigenvalue weighted by Gasteiger charge is -2.15. The standard InChI is InChI=1S/C11H13BrN2O5/c12-9-2-1-8(19-9)11(18)13-3-10(17)14-4-6(15)7(16)5-14/h1-2,6-7,15-16H,3-5H2,(H,13,18)/t6-,7+. The zero-order valence-corrected chi connectivity index (χ0v) is 11.5. The van der Waals surface area contributed by atoms with Gasteiger partial charge in [-0.1, -0.05) is 0 Å². The number of amides is 2. The van der Waals surface area contributed by atoms with Crippen molar-refractivity contribution in [3.8, 4) is 0 Å². The Morgan fingerprint density at radius 2 is 2.00 bits per heavy atom. The van der Waals surface area contributed by atoms with E-state index in [4.69, 9.17) is 4.42 Å². The van der Waals surface area contributed by atoms with Crippen LogP contribution in [0.4, 0.5) is 0 Å². The van der Waals surface area contributed by atoms with Crippen LogP contribution < -0.4 is 5.32 Å². The number of β-amino-alcohol motifs (C(OH)–C–C–N with tert-alkyl or cyclic N) is 2. The van der Waals surface area contributed by atoms with Crippen LogP contribution in [0.5, 0.6) is 0 Å². The SMILES string of the molecule is O=C(NCC(=O)N1C[C@@H](O)[C@@H](O)C1)c1ccc(Br)o1. The minimum absolute atomic E-state index is 0.0716. The number of nitrogens with zero attached hydrogens (tertiary/aromatic N) is 1. The van der Waals surface area contributed by atoms with Gasteiger partial charge in [0.2, 0.25) is 5.91 Å². The molecule has 1 fully saturated rings. The molecular weight excluding hydrogens is 320 g/mol. The number of hydrogen-bond acceptors (Lipinski definition) is 5. The fraction of sp³-hybridized carbons (Fsp3) is 0.455. The average Bonchev–Trinajstić information content (AvgIpc) is 2.93. The van der Waals surface area contributed by atoms with Gasteiger partial charge in [0.25, 0.3) is 5.91 Å². The molecule has 104 valence electrons. The number of aliphatic hydroxyl groups excluding tert-OH is 2. The van der Waals surface area contributed by atoms with Crippen molar-refractivity contribution < 1.29 is 24.2 Å². The number of carbonyl (C=O) groups excluding carboxylic acids is 2. The number of likely N-dealkylation sites (tertiary alicyclic amines) is 1. The molecule has 2 heterocycles. The van der Waals surface area contributed by atoms with Crippen molar-refractivity contribution in [3.63, 3.8) is 0 Å². The summed E-state index contributed by atoms with van der Waals surface area (Å²) in [5.41, 5.74) is 0. The molecule has 1 saturated heterocycles. The Morgan fingerprint density at radius 1 is 1.37 bits per heavy atom. The largest absolute Gasteiger partial charge is 0.444 e. The van der Waals surface area contributed by atoms with Crippen LogP contribution in [0.3, 0.4) is 0 Å². The van der Waals surface area contributed by atoms with E-state index in [1.807, 2.05) is 0 Å². The van der Waals surface area contributed by atoms with Gasteiger partial charge in [-0.05, 0) is 28.1 Å². The van der Waals surface area contributed by atoms with Gasteiger partial charge in [0, 0.05) is 13.1 Å². The van der Waals surface area contributed by atoms with Crippen molar-refractivity contribution >= 4 is 27.7 Å². The highest BCUT2D eigenvalue weighted by molar-refractivity contribution is 9.10. The summed E-state index contributed by atoms with van der Waals surface area (Å²) in [6.45, 7) is -0.0685. The topological polar surface area (TPSA) is 103 Å². The molecule has 0 spiro atoms. The quantitative estimate of drug-likeness (QED) is 0.681. The molecular formula is C11H13BrN2O5. The second kappa shape index (κ2) is 5.72. The lowest BCUT2D eigenvalue weighted by atomic mass is 10.3. The number of rotatable bonds is 3. The van der Waals surface area contributed by atoms with Crippen LogP contribution >= 0.6 is 15.9 Å². The summed E-state index contributed by atoms with van der Waals surface area (Å²) >= 11 is 3.07. The number of nitrogens with one attached hydrogen (secondary N) is 1. The Labute approximate surface area is 117 Å². The third-order valence-corrected chi connectivity index (χ3v) is 3.24. The van der Waals surface area contributed by atoms with Gasteiger partial charge in [-0.25, -0.2) is 0 Å². The van der Waals surface area contributed by atoms with Gasteiger partial charge < -0.3 is 24.8 Å². The smallest absolute Gasteiger partial charge is 0.287 e. The third kappa shape index (κ3) is 3.34. The van der Waals surface area contributed by atoms with E-state index in [0.29, 0.717) is 4.67 Å². The molecule has 0 unspecified atom stereocenters. The molecule has 1 aromatic rings. The first-order chi connectivity index (χ1) is 8.97. The van der Waals surface area contributed by atoms with Crippen LogP contribution in [-0.4, -0.2) is 58.8 Å².